The molecule has 4 aliphatic rings. The molecule has 4 amide bonds. The number of benzene rings is 3. The van der Waals surface area contributed by atoms with Gasteiger partial charge in [-0.3, -0.25) is 24.1 Å². The standard InChI is InChI=1S/C36H30BCl2FN2O9/c1-50-27-14-18(15-28(51-2)30(27)43)6-13-26-23-11-12-24-29(32(45)41(31(24)44)22-5-3-4-19(16-22)37(48)49)25(23)17-35(38)33(46)42(34(47)36(26,35)39)21-9-7-20(40)8-10-21/h3-11,13-16,24-26,29,43,48-49H,12,17H2,1-2H3. The Hall–Kier alpha value is -4.69. The molecular weight excluding hydrogens is 705 g/mol. The maximum Gasteiger partial charge on any atom is 0.488 e. The Bertz CT molecular complexity index is 2030. The first kappa shape index (κ1) is 34.7. The van der Waals surface area contributed by atoms with Gasteiger partial charge >= 0.3 is 7.12 Å². The SMILES string of the molecule is COc1cc(C=CC2C3=CCC4C(=O)N(c5cccc(B(O)O)c5)C(=O)C4C3CC3(Cl)C(=O)N(c4ccc(F)cc4)C(=O)C23Cl)cc(OC)c1O. The number of phenolic OH excluding ortho intramolecular Hbond substituents is 1. The van der Waals surface area contributed by atoms with Crippen molar-refractivity contribution in [3.8, 4) is 17.2 Å². The molecule has 2 heterocycles. The summed E-state index contributed by atoms with van der Waals surface area (Å²) in [5.74, 6) is -7.17. The van der Waals surface area contributed by atoms with Crippen molar-refractivity contribution in [3.63, 3.8) is 0 Å². The third-order valence-corrected chi connectivity index (χ3v) is 11.8. The smallest absolute Gasteiger partial charge is 0.488 e. The van der Waals surface area contributed by atoms with Crippen LogP contribution in [0.2, 0.25) is 0 Å². The fourth-order valence-electron chi connectivity index (χ4n) is 7.94. The third-order valence-electron chi connectivity index (χ3n) is 10.4. The Kier molecular flexibility index (Phi) is 8.53. The molecule has 2 aliphatic carbocycles. The number of amides is 4. The second-order valence-corrected chi connectivity index (χ2v) is 14.2. The Morgan fingerprint density at radius 2 is 1.55 bits per heavy atom. The number of allylic oxidation sites excluding steroid dienone is 3. The van der Waals surface area contributed by atoms with Crippen molar-refractivity contribution in [2.45, 2.75) is 22.6 Å². The van der Waals surface area contributed by atoms with Gasteiger partial charge in [-0.15, -0.1) is 23.2 Å². The Morgan fingerprint density at radius 3 is 2.18 bits per heavy atom. The normalized spacial score (nSPS) is 28.5. The predicted octanol–water partition coefficient (Wildman–Crippen LogP) is 3.54. The number of carbonyl (C=O) groups excluding carboxylic acids is 4. The molecule has 0 spiro atoms. The maximum absolute atomic E-state index is 14.5. The van der Waals surface area contributed by atoms with Crippen LogP contribution in [0.15, 0.2) is 78.4 Å². The second kappa shape index (κ2) is 12.5. The zero-order chi connectivity index (χ0) is 36.6. The van der Waals surface area contributed by atoms with Gasteiger partial charge in [-0.05, 0) is 78.3 Å². The molecule has 3 aromatic carbocycles. The average molecular weight is 735 g/mol. The molecule has 51 heavy (non-hydrogen) atoms. The quantitative estimate of drug-likeness (QED) is 0.143. The summed E-state index contributed by atoms with van der Waals surface area (Å²) in [5.41, 5.74) is 1.28. The van der Waals surface area contributed by atoms with Crippen LogP contribution in [0.4, 0.5) is 15.8 Å². The Balaban J connectivity index is 1.36. The van der Waals surface area contributed by atoms with Crippen LogP contribution < -0.4 is 24.7 Å². The lowest BCUT2D eigenvalue weighted by molar-refractivity contribution is -0.125. The van der Waals surface area contributed by atoms with Crippen LogP contribution in [0.3, 0.4) is 0 Å². The van der Waals surface area contributed by atoms with Gasteiger partial charge in [0.15, 0.2) is 21.2 Å². The van der Waals surface area contributed by atoms with Crippen molar-refractivity contribution in [1.29, 1.82) is 0 Å². The van der Waals surface area contributed by atoms with E-state index >= 15 is 0 Å². The molecule has 262 valence electrons. The van der Waals surface area contributed by atoms with E-state index in [2.05, 4.69) is 0 Å². The van der Waals surface area contributed by atoms with Crippen LogP contribution in [0.25, 0.3) is 6.08 Å². The highest BCUT2D eigenvalue weighted by molar-refractivity contribution is 6.59. The highest BCUT2D eigenvalue weighted by atomic mass is 35.5. The van der Waals surface area contributed by atoms with E-state index in [1.165, 1.54) is 62.8 Å². The van der Waals surface area contributed by atoms with Gasteiger partial charge in [0, 0.05) is 5.92 Å². The first-order valence-electron chi connectivity index (χ1n) is 16.0. The van der Waals surface area contributed by atoms with Crippen LogP contribution in [-0.2, 0) is 19.2 Å². The highest BCUT2D eigenvalue weighted by Gasteiger charge is 2.76. The maximum atomic E-state index is 14.5. The zero-order valence-electron chi connectivity index (χ0n) is 27.1. The minimum Gasteiger partial charge on any atom is -0.502 e. The molecule has 2 aliphatic heterocycles. The molecule has 6 unspecified atom stereocenters. The lowest BCUT2D eigenvalue weighted by Crippen LogP contribution is -2.60. The monoisotopic (exact) mass is 734 g/mol. The number of hydrogen-bond acceptors (Lipinski definition) is 9. The lowest BCUT2D eigenvalue weighted by Gasteiger charge is -2.49. The predicted molar refractivity (Wildman–Crippen MR) is 186 cm³/mol. The number of fused-ring (bicyclic) bond motifs is 4. The van der Waals surface area contributed by atoms with Crippen molar-refractivity contribution < 1.29 is 48.2 Å². The van der Waals surface area contributed by atoms with Gasteiger partial charge in [-0.2, -0.15) is 0 Å². The molecule has 2 saturated heterocycles. The Morgan fingerprint density at radius 1 is 0.882 bits per heavy atom. The number of ether oxygens (including phenoxy) is 2. The van der Waals surface area contributed by atoms with E-state index in [4.69, 9.17) is 32.7 Å². The van der Waals surface area contributed by atoms with E-state index in [9.17, 15) is 38.7 Å². The van der Waals surface area contributed by atoms with Gasteiger partial charge in [-0.25, -0.2) is 9.29 Å². The average Bonchev–Trinajstić information content (AvgIpc) is 3.46. The summed E-state index contributed by atoms with van der Waals surface area (Å²) in [7, 11) is 0.894. The molecule has 0 aromatic heterocycles. The van der Waals surface area contributed by atoms with Crippen molar-refractivity contribution in [3.05, 3.63) is 89.8 Å². The highest BCUT2D eigenvalue weighted by Crippen LogP contribution is 2.63. The minimum absolute atomic E-state index is 0.0515. The number of anilines is 2. The fraction of sp³-hybridized carbons (Fsp3) is 0.278. The molecule has 3 fully saturated rings. The largest absolute Gasteiger partial charge is 0.502 e. The number of carbonyl (C=O) groups is 4. The number of phenols is 1. The van der Waals surface area contributed by atoms with E-state index in [1.54, 1.807) is 18.2 Å². The first-order chi connectivity index (χ1) is 24.3. The van der Waals surface area contributed by atoms with Gasteiger partial charge < -0.3 is 24.6 Å². The molecule has 1 saturated carbocycles. The van der Waals surface area contributed by atoms with Crippen molar-refractivity contribution in [2.24, 2.45) is 23.7 Å². The van der Waals surface area contributed by atoms with Crippen LogP contribution in [0.5, 0.6) is 17.2 Å². The van der Waals surface area contributed by atoms with Gasteiger partial charge in [0.05, 0.1) is 37.4 Å². The van der Waals surface area contributed by atoms with Gasteiger partial charge in [0.25, 0.3) is 11.8 Å². The van der Waals surface area contributed by atoms with Crippen LogP contribution in [0, 0.1) is 29.5 Å². The number of alkyl halides is 2. The molecule has 3 aromatic rings. The summed E-state index contributed by atoms with van der Waals surface area (Å²) in [5, 5.41) is 29.9. The summed E-state index contributed by atoms with van der Waals surface area (Å²) >= 11 is 14.7. The molecule has 0 bridgehead atoms. The number of halogens is 3. The summed E-state index contributed by atoms with van der Waals surface area (Å²) < 4.78 is 24.5. The van der Waals surface area contributed by atoms with Crippen LogP contribution in [-0.4, -0.2) is 69.9 Å². The van der Waals surface area contributed by atoms with E-state index in [0.717, 1.165) is 21.9 Å². The van der Waals surface area contributed by atoms with E-state index < -0.39 is 70.0 Å². The molecule has 7 rings (SSSR count). The molecular formula is C36H30BCl2FN2O9. The molecule has 0 radical (unpaired) electrons. The van der Waals surface area contributed by atoms with E-state index in [0.29, 0.717) is 11.1 Å². The third kappa shape index (κ3) is 5.08. The zero-order valence-corrected chi connectivity index (χ0v) is 28.6. The molecule has 15 heteroatoms. The number of aromatic hydroxyl groups is 1. The van der Waals surface area contributed by atoms with Gasteiger partial charge in [0.2, 0.25) is 17.6 Å². The number of methoxy groups -OCH3 is 2. The first-order valence-corrected chi connectivity index (χ1v) is 16.7. The molecule has 6 atom stereocenters. The van der Waals surface area contributed by atoms with E-state index in [-0.39, 0.29) is 46.9 Å². The van der Waals surface area contributed by atoms with Crippen molar-refractivity contribution in [2.75, 3.05) is 24.0 Å². The topological polar surface area (TPSA) is 154 Å². The summed E-state index contributed by atoms with van der Waals surface area (Å²) in [6.45, 7) is 0. The molecule has 11 nitrogen and oxygen atoms in total. The van der Waals surface area contributed by atoms with Crippen molar-refractivity contribution >= 4 is 76.9 Å². The van der Waals surface area contributed by atoms with Gasteiger partial charge in [-0.1, -0.05) is 35.9 Å². The number of hydrogen-bond donors (Lipinski definition) is 3. The number of imide groups is 2. The van der Waals surface area contributed by atoms with Crippen LogP contribution >= 0.6 is 23.2 Å². The minimum atomic E-state index is -2.13. The number of rotatable bonds is 7. The fourth-order valence-corrected chi connectivity index (χ4v) is 8.83. The van der Waals surface area contributed by atoms with E-state index in [1.807, 2.05) is 0 Å². The van der Waals surface area contributed by atoms with Crippen molar-refractivity contribution in [1.82, 2.24) is 0 Å². The Labute approximate surface area is 301 Å². The lowest BCUT2D eigenvalue weighted by atomic mass is 9.57. The van der Waals surface area contributed by atoms with Gasteiger partial charge in [0.1, 0.15) is 5.82 Å². The second-order valence-electron chi connectivity index (χ2n) is 12.9. The summed E-state index contributed by atoms with van der Waals surface area (Å²) in [6.07, 6.45) is 4.79. The molecule has 3 N–H and O–H groups in total. The summed E-state index contributed by atoms with van der Waals surface area (Å²) in [6, 6.07) is 13.5. The summed E-state index contributed by atoms with van der Waals surface area (Å²) in [4.78, 5) is 54.6. The van der Waals surface area contributed by atoms with Crippen LogP contribution in [0.1, 0.15) is 18.4 Å². The number of nitrogens with zero attached hydrogens (tertiary/aromatic N) is 2.